The Labute approximate surface area is 79.3 Å². The molecular weight excluding hydrogens is 195 g/mol. The van der Waals surface area contributed by atoms with Crippen molar-refractivity contribution in [3.8, 4) is 5.75 Å². The molecule has 0 saturated carbocycles. The highest BCUT2D eigenvalue weighted by Crippen LogP contribution is 2.34. The van der Waals surface area contributed by atoms with Crippen LogP contribution in [-0.4, -0.2) is 12.4 Å². The second-order valence-corrected chi connectivity index (χ2v) is 3.14. The summed E-state index contributed by atoms with van der Waals surface area (Å²) in [7, 11) is 0. The fraction of sp³-hybridized carbons (Fsp3) is 0.222. The van der Waals surface area contributed by atoms with Crippen LogP contribution in [0.1, 0.15) is 16.8 Å². The highest BCUT2D eigenvalue weighted by molar-refractivity contribution is 6.33. The first kappa shape index (κ1) is 8.51. The van der Waals surface area contributed by atoms with Gasteiger partial charge in [-0.2, -0.15) is 0 Å². The van der Waals surface area contributed by atoms with Gasteiger partial charge in [0.25, 0.3) is 0 Å². The predicted octanol–water partition coefficient (Wildman–Crippen LogP) is 2.44. The molecule has 13 heavy (non-hydrogen) atoms. The fourth-order valence-corrected chi connectivity index (χ4v) is 1.49. The molecule has 1 aliphatic rings. The number of ketones is 1. The van der Waals surface area contributed by atoms with E-state index in [0.29, 0.717) is 12.0 Å². The minimum absolute atomic E-state index is 0.0526. The molecule has 0 amide bonds. The number of ether oxygens (including phenoxy) is 1. The number of carbonyl (C=O) groups is 1. The Bertz CT molecular complexity index is 376. The molecule has 1 aliphatic heterocycles. The number of halogens is 2. The molecule has 0 unspecified atom stereocenters. The van der Waals surface area contributed by atoms with Crippen LogP contribution in [0.5, 0.6) is 5.75 Å². The maximum atomic E-state index is 12.9. The van der Waals surface area contributed by atoms with Gasteiger partial charge < -0.3 is 4.74 Å². The molecule has 1 aromatic carbocycles. The van der Waals surface area contributed by atoms with Crippen molar-refractivity contribution in [3.05, 3.63) is 28.5 Å². The van der Waals surface area contributed by atoms with E-state index in [1.807, 2.05) is 0 Å². The largest absolute Gasteiger partial charge is 0.491 e. The number of hydrogen-bond donors (Lipinski definition) is 0. The van der Waals surface area contributed by atoms with E-state index in [-0.39, 0.29) is 23.2 Å². The second kappa shape index (κ2) is 3.00. The van der Waals surface area contributed by atoms with Crippen molar-refractivity contribution in [1.82, 2.24) is 0 Å². The summed E-state index contributed by atoms with van der Waals surface area (Å²) in [5.74, 6) is -0.434. The number of Topliss-reactive ketones (excluding diaryl/α,β-unsaturated/α-hetero) is 1. The number of fused-ring (bicyclic) bond motifs is 1. The Hall–Kier alpha value is -1.09. The van der Waals surface area contributed by atoms with Gasteiger partial charge in [-0.1, -0.05) is 11.6 Å². The van der Waals surface area contributed by atoms with Gasteiger partial charge in [0.15, 0.2) is 11.5 Å². The van der Waals surface area contributed by atoms with Crippen LogP contribution in [-0.2, 0) is 0 Å². The Morgan fingerprint density at radius 3 is 3.00 bits per heavy atom. The maximum absolute atomic E-state index is 12.9. The Balaban J connectivity index is 2.63. The lowest BCUT2D eigenvalue weighted by molar-refractivity contribution is 0.0933. The van der Waals surface area contributed by atoms with Crippen molar-refractivity contribution in [3.63, 3.8) is 0 Å². The highest BCUT2D eigenvalue weighted by Gasteiger charge is 2.22. The fourth-order valence-electron chi connectivity index (χ4n) is 1.27. The lowest BCUT2D eigenvalue weighted by Crippen LogP contribution is -2.15. The molecule has 0 spiro atoms. The van der Waals surface area contributed by atoms with Crippen molar-refractivity contribution in [1.29, 1.82) is 0 Å². The molecule has 0 aromatic heterocycles. The van der Waals surface area contributed by atoms with E-state index >= 15 is 0 Å². The molecule has 0 atom stereocenters. The van der Waals surface area contributed by atoms with Crippen LogP contribution in [0.25, 0.3) is 0 Å². The third-order valence-corrected chi connectivity index (χ3v) is 2.28. The topological polar surface area (TPSA) is 26.3 Å². The van der Waals surface area contributed by atoms with Gasteiger partial charge in [0.1, 0.15) is 10.8 Å². The highest BCUT2D eigenvalue weighted by atomic mass is 35.5. The molecule has 0 aliphatic carbocycles. The van der Waals surface area contributed by atoms with Crippen LogP contribution >= 0.6 is 11.6 Å². The van der Waals surface area contributed by atoms with Crippen LogP contribution < -0.4 is 4.74 Å². The van der Waals surface area contributed by atoms with Crippen molar-refractivity contribution >= 4 is 17.4 Å². The van der Waals surface area contributed by atoms with Crippen LogP contribution in [0.3, 0.4) is 0 Å². The maximum Gasteiger partial charge on any atom is 0.170 e. The van der Waals surface area contributed by atoms with Gasteiger partial charge in [-0.25, -0.2) is 4.39 Å². The summed E-state index contributed by atoms with van der Waals surface area (Å²) in [4.78, 5) is 11.3. The number of rotatable bonds is 0. The smallest absolute Gasteiger partial charge is 0.170 e. The van der Waals surface area contributed by atoms with Crippen LogP contribution in [0.2, 0.25) is 5.02 Å². The van der Waals surface area contributed by atoms with Crippen molar-refractivity contribution in [2.75, 3.05) is 6.61 Å². The summed E-state index contributed by atoms with van der Waals surface area (Å²) in [6.45, 7) is 0.273. The van der Waals surface area contributed by atoms with E-state index in [9.17, 15) is 9.18 Å². The summed E-state index contributed by atoms with van der Waals surface area (Å²) in [6, 6.07) is 2.58. The lowest BCUT2D eigenvalue weighted by atomic mass is 10.1. The first-order valence-corrected chi connectivity index (χ1v) is 4.22. The molecular formula is C9H6ClFO2. The van der Waals surface area contributed by atoms with Crippen molar-refractivity contribution < 1.29 is 13.9 Å². The zero-order valence-corrected chi connectivity index (χ0v) is 7.40. The van der Waals surface area contributed by atoms with E-state index in [1.54, 1.807) is 0 Å². The summed E-state index contributed by atoms with van der Waals surface area (Å²) in [5.41, 5.74) is 0.373. The van der Waals surface area contributed by atoms with Gasteiger partial charge >= 0.3 is 0 Å². The molecule has 0 fully saturated rings. The Morgan fingerprint density at radius 1 is 1.46 bits per heavy atom. The molecule has 0 saturated heterocycles. The summed E-state index contributed by atoms with van der Waals surface area (Å²) < 4.78 is 18.0. The standard InChI is InChI=1S/C9H6ClFO2/c10-8-6(11)2-1-5-7(12)3-4-13-9(5)8/h1-2H,3-4H2. The van der Waals surface area contributed by atoms with Gasteiger partial charge in [-0.05, 0) is 12.1 Å². The zero-order chi connectivity index (χ0) is 9.42. The van der Waals surface area contributed by atoms with E-state index in [4.69, 9.17) is 16.3 Å². The molecule has 2 nitrogen and oxygen atoms in total. The van der Waals surface area contributed by atoms with E-state index in [0.717, 1.165) is 0 Å². The molecule has 4 heteroatoms. The third-order valence-electron chi connectivity index (χ3n) is 1.93. The van der Waals surface area contributed by atoms with E-state index < -0.39 is 5.82 Å². The van der Waals surface area contributed by atoms with Gasteiger partial charge in [0.2, 0.25) is 0 Å². The second-order valence-electron chi connectivity index (χ2n) is 2.76. The quantitative estimate of drug-likeness (QED) is 0.643. The Kier molecular flexibility index (Phi) is 1.96. The van der Waals surface area contributed by atoms with Crippen molar-refractivity contribution in [2.45, 2.75) is 6.42 Å². The van der Waals surface area contributed by atoms with Gasteiger partial charge in [0.05, 0.1) is 12.2 Å². The molecule has 1 heterocycles. The summed E-state index contributed by atoms with van der Waals surface area (Å²) in [6.07, 6.45) is 0.328. The molecule has 2 rings (SSSR count). The molecule has 68 valence electrons. The van der Waals surface area contributed by atoms with E-state index in [1.165, 1.54) is 12.1 Å². The predicted molar refractivity (Wildman–Crippen MR) is 45.9 cm³/mol. The van der Waals surface area contributed by atoms with Crippen LogP contribution in [0, 0.1) is 5.82 Å². The Morgan fingerprint density at radius 2 is 2.23 bits per heavy atom. The minimum Gasteiger partial charge on any atom is -0.491 e. The third kappa shape index (κ3) is 1.29. The molecule has 0 bridgehead atoms. The number of benzene rings is 1. The van der Waals surface area contributed by atoms with E-state index in [2.05, 4.69) is 0 Å². The average molecular weight is 201 g/mol. The van der Waals surface area contributed by atoms with Crippen LogP contribution in [0.15, 0.2) is 12.1 Å². The first-order valence-electron chi connectivity index (χ1n) is 3.84. The van der Waals surface area contributed by atoms with Gasteiger partial charge in [0, 0.05) is 6.42 Å². The normalized spacial score (nSPS) is 15.1. The number of carbonyl (C=O) groups excluding carboxylic acids is 1. The summed E-state index contributed by atoms with van der Waals surface area (Å²) in [5, 5.41) is -0.106. The zero-order valence-electron chi connectivity index (χ0n) is 6.64. The van der Waals surface area contributed by atoms with Gasteiger partial charge in [-0.15, -0.1) is 0 Å². The minimum atomic E-state index is -0.560. The average Bonchev–Trinajstić information content (AvgIpc) is 2.12. The molecule has 1 aromatic rings. The molecule has 0 radical (unpaired) electrons. The molecule has 0 N–H and O–H groups in total. The van der Waals surface area contributed by atoms with Gasteiger partial charge in [-0.3, -0.25) is 4.79 Å². The number of hydrogen-bond acceptors (Lipinski definition) is 2. The lowest BCUT2D eigenvalue weighted by Gasteiger charge is -2.17. The SMILES string of the molecule is O=C1CCOc2c1ccc(F)c2Cl. The summed E-state index contributed by atoms with van der Waals surface area (Å²) >= 11 is 5.62. The van der Waals surface area contributed by atoms with Crippen molar-refractivity contribution in [2.24, 2.45) is 0 Å². The first-order chi connectivity index (χ1) is 6.20. The van der Waals surface area contributed by atoms with Crippen LogP contribution in [0.4, 0.5) is 4.39 Å². The monoisotopic (exact) mass is 200 g/mol.